The van der Waals surface area contributed by atoms with E-state index >= 15 is 0 Å². The SMILES string of the molecule is Cc1nc2cc(NC(=O)CC3COC3)ccc2o1. The number of benzene rings is 1. The van der Waals surface area contributed by atoms with E-state index in [1.807, 2.05) is 18.2 Å². The lowest BCUT2D eigenvalue weighted by Crippen LogP contribution is -2.31. The smallest absolute Gasteiger partial charge is 0.224 e. The maximum Gasteiger partial charge on any atom is 0.224 e. The highest BCUT2D eigenvalue weighted by molar-refractivity contribution is 5.92. The van der Waals surface area contributed by atoms with Crippen LogP contribution in [0.15, 0.2) is 22.6 Å². The molecule has 5 nitrogen and oxygen atoms in total. The van der Waals surface area contributed by atoms with Crippen molar-refractivity contribution in [1.82, 2.24) is 4.98 Å². The van der Waals surface area contributed by atoms with Crippen LogP contribution in [-0.2, 0) is 9.53 Å². The molecule has 1 saturated heterocycles. The van der Waals surface area contributed by atoms with Crippen molar-refractivity contribution in [3.63, 3.8) is 0 Å². The van der Waals surface area contributed by atoms with Crippen molar-refractivity contribution >= 4 is 22.7 Å². The fourth-order valence-corrected chi connectivity index (χ4v) is 2.00. The van der Waals surface area contributed by atoms with Gasteiger partial charge in [-0.2, -0.15) is 0 Å². The number of ether oxygens (including phenoxy) is 1. The summed E-state index contributed by atoms with van der Waals surface area (Å²) in [6.45, 7) is 3.18. The molecule has 1 aliphatic heterocycles. The monoisotopic (exact) mass is 246 g/mol. The molecule has 94 valence electrons. The molecular weight excluding hydrogens is 232 g/mol. The largest absolute Gasteiger partial charge is 0.441 e. The fourth-order valence-electron chi connectivity index (χ4n) is 2.00. The van der Waals surface area contributed by atoms with Gasteiger partial charge in [0, 0.05) is 24.9 Å². The van der Waals surface area contributed by atoms with Gasteiger partial charge in [0.1, 0.15) is 5.52 Å². The molecule has 0 bridgehead atoms. The van der Waals surface area contributed by atoms with Crippen molar-refractivity contribution in [1.29, 1.82) is 0 Å². The van der Waals surface area contributed by atoms with Crippen LogP contribution in [0.5, 0.6) is 0 Å². The van der Waals surface area contributed by atoms with Gasteiger partial charge in [-0.15, -0.1) is 0 Å². The van der Waals surface area contributed by atoms with Crippen LogP contribution in [0.1, 0.15) is 12.3 Å². The number of nitrogens with zero attached hydrogens (tertiary/aromatic N) is 1. The lowest BCUT2D eigenvalue weighted by Gasteiger charge is -2.25. The summed E-state index contributed by atoms with van der Waals surface area (Å²) >= 11 is 0. The van der Waals surface area contributed by atoms with Crippen LogP contribution in [0, 0.1) is 12.8 Å². The Bertz CT molecular complexity index is 587. The average molecular weight is 246 g/mol. The molecule has 2 aromatic rings. The molecule has 5 heteroatoms. The minimum Gasteiger partial charge on any atom is -0.441 e. The molecule has 0 unspecified atom stereocenters. The Morgan fingerprint density at radius 2 is 2.33 bits per heavy atom. The molecule has 18 heavy (non-hydrogen) atoms. The molecule has 0 radical (unpaired) electrons. The first-order chi connectivity index (χ1) is 8.70. The topological polar surface area (TPSA) is 64.4 Å². The zero-order valence-electron chi connectivity index (χ0n) is 10.1. The van der Waals surface area contributed by atoms with Crippen molar-refractivity contribution in [3.05, 3.63) is 24.1 Å². The summed E-state index contributed by atoms with van der Waals surface area (Å²) in [4.78, 5) is 16.0. The summed E-state index contributed by atoms with van der Waals surface area (Å²) in [6, 6.07) is 5.46. The molecule has 1 aromatic heterocycles. The Morgan fingerprint density at radius 1 is 1.50 bits per heavy atom. The number of fused-ring (bicyclic) bond motifs is 1. The zero-order chi connectivity index (χ0) is 12.5. The third-order valence-electron chi connectivity index (χ3n) is 2.96. The zero-order valence-corrected chi connectivity index (χ0v) is 10.1. The van der Waals surface area contributed by atoms with E-state index in [9.17, 15) is 4.79 Å². The van der Waals surface area contributed by atoms with Crippen LogP contribution in [0.4, 0.5) is 5.69 Å². The fraction of sp³-hybridized carbons (Fsp3) is 0.385. The van der Waals surface area contributed by atoms with E-state index in [0.29, 0.717) is 31.4 Å². The van der Waals surface area contributed by atoms with Gasteiger partial charge in [-0.25, -0.2) is 4.98 Å². The third-order valence-corrected chi connectivity index (χ3v) is 2.96. The number of nitrogens with one attached hydrogen (secondary N) is 1. The minimum absolute atomic E-state index is 0.0165. The molecule has 0 aliphatic carbocycles. The quantitative estimate of drug-likeness (QED) is 0.900. The molecule has 1 aliphatic rings. The molecular formula is C13H14N2O3. The molecule has 1 aromatic carbocycles. The van der Waals surface area contributed by atoms with Gasteiger partial charge in [0.25, 0.3) is 0 Å². The van der Waals surface area contributed by atoms with E-state index in [1.165, 1.54) is 0 Å². The van der Waals surface area contributed by atoms with E-state index in [0.717, 1.165) is 16.8 Å². The summed E-state index contributed by atoms with van der Waals surface area (Å²) in [5, 5.41) is 2.87. The van der Waals surface area contributed by atoms with E-state index in [2.05, 4.69) is 10.3 Å². The predicted octanol–water partition coefficient (Wildman–Crippen LogP) is 2.11. The summed E-state index contributed by atoms with van der Waals surface area (Å²) in [6.07, 6.45) is 0.510. The lowest BCUT2D eigenvalue weighted by molar-refractivity contribution is -0.121. The number of carbonyl (C=O) groups is 1. The number of aromatic nitrogens is 1. The van der Waals surface area contributed by atoms with Crippen molar-refractivity contribution in [2.24, 2.45) is 5.92 Å². The van der Waals surface area contributed by atoms with Crippen LogP contribution < -0.4 is 5.32 Å². The van der Waals surface area contributed by atoms with Gasteiger partial charge in [0.05, 0.1) is 13.2 Å². The van der Waals surface area contributed by atoms with Gasteiger partial charge in [0.2, 0.25) is 5.91 Å². The first kappa shape index (κ1) is 11.2. The number of hydrogen-bond donors (Lipinski definition) is 1. The van der Waals surface area contributed by atoms with E-state index in [-0.39, 0.29) is 5.91 Å². The second-order valence-electron chi connectivity index (χ2n) is 4.57. The Labute approximate surface area is 104 Å². The Kier molecular flexibility index (Phi) is 2.76. The molecule has 1 amide bonds. The molecule has 1 N–H and O–H groups in total. The highest BCUT2D eigenvalue weighted by atomic mass is 16.5. The predicted molar refractivity (Wildman–Crippen MR) is 66.3 cm³/mol. The molecule has 0 atom stereocenters. The first-order valence-electron chi connectivity index (χ1n) is 5.95. The molecule has 3 rings (SSSR count). The van der Waals surface area contributed by atoms with Gasteiger partial charge in [0.15, 0.2) is 11.5 Å². The molecule has 0 saturated carbocycles. The van der Waals surface area contributed by atoms with Gasteiger partial charge in [-0.3, -0.25) is 4.79 Å². The number of hydrogen-bond acceptors (Lipinski definition) is 4. The van der Waals surface area contributed by atoms with Gasteiger partial charge in [-0.1, -0.05) is 0 Å². The van der Waals surface area contributed by atoms with Crippen LogP contribution in [0.3, 0.4) is 0 Å². The van der Waals surface area contributed by atoms with Crippen LogP contribution in [0.2, 0.25) is 0 Å². The maximum absolute atomic E-state index is 11.7. The standard InChI is InChI=1S/C13H14N2O3/c1-8-14-11-5-10(2-3-12(11)18-8)15-13(16)4-9-6-17-7-9/h2-3,5,9H,4,6-7H2,1H3,(H,15,16). The van der Waals surface area contributed by atoms with Crippen molar-refractivity contribution in [3.8, 4) is 0 Å². The highest BCUT2D eigenvalue weighted by Gasteiger charge is 2.21. The first-order valence-corrected chi connectivity index (χ1v) is 5.95. The Balaban J connectivity index is 1.71. The van der Waals surface area contributed by atoms with Crippen LogP contribution >= 0.6 is 0 Å². The number of anilines is 1. The summed E-state index contributed by atoms with van der Waals surface area (Å²) in [7, 11) is 0. The highest BCUT2D eigenvalue weighted by Crippen LogP contribution is 2.21. The van der Waals surface area contributed by atoms with Crippen molar-refractivity contribution in [2.45, 2.75) is 13.3 Å². The van der Waals surface area contributed by atoms with E-state index in [1.54, 1.807) is 6.92 Å². The van der Waals surface area contributed by atoms with Crippen molar-refractivity contribution in [2.75, 3.05) is 18.5 Å². The number of amides is 1. The normalized spacial score (nSPS) is 15.6. The van der Waals surface area contributed by atoms with E-state index < -0.39 is 0 Å². The Morgan fingerprint density at radius 3 is 3.06 bits per heavy atom. The summed E-state index contributed by atoms with van der Waals surface area (Å²) < 4.78 is 10.4. The van der Waals surface area contributed by atoms with Crippen molar-refractivity contribution < 1.29 is 13.9 Å². The van der Waals surface area contributed by atoms with Gasteiger partial charge >= 0.3 is 0 Å². The number of carbonyl (C=O) groups excluding carboxylic acids is 1. The number of oxazole rings is 1. The summed E-state index contributed by atoms with van der Waals surface area (Å²) in [5.74, 6) is 1.01. The molecule has 0 spiro atoms. The number of rotatable bonds is 3. The minimum atomic E-state index is 0.0165. The average Bonchev–Trinajstić information content (AvgIpc) is 2.63. The van der Waals surface area contributed by atoms with Gasteiger partial charge in [-0.05, 0) is 18.2 Å². The van der Waals surface area contributed by atoms with Gasteiger partial charge < -0.3 is 14.5 Å². The summed E-state index contributed by atoms with van der Waals surface area (Å²) in [5.41, 5.74) is 2.25. The maximum atomic E-state index is 11.7. The second-order valence-corrected chi connectivity index (χ2v) is 4.57. The molecule has 1 fully saturated rings. The molecule has 2 heterocycles. The Hall–Kier alpha value is -1.88. The second kappa shape index (κ2) is 4.42. The third kappa shape index (κ3) is 2.22. The number of aryl methyl sites for hydroxylation is 1. The van der Waals surface area contributed by atoms with Crippen LogP contribution in [-0.4, -0.2) is 24.1 Å². The van der Waals surface area contributed by atoms with E-state index in [4.69, 9.17) is 9.15 Å². The lowest BCUT2D eigenvalue weighted by atomic mass is 10.0. The van der Waals surface area contributed by atoms with Crippen LogP contribution in [0.25, 0.3) is 11.1 Å².